The maximum Gasteiger partial charge on any atom is 0.335 e. The number of hydrogen-bond donors (Lipinski definition) is 2. The van der Waals surface area contributed by atoms with Gasteiger partial charge in [0, 0.05) is 0 Å². The number of carbonyl (C=O) groups excluding carboxylic acids is 1. The third-order valence-corrected chi connectivity index (χ3v) is 4.23. The second-order valence-corrected chi connectivity index (χ2v) is 8.00. The molecule has 1 aliphatic rings. The van der Waals surface area contributed by atoms with Crippen molar-refractivity contribution in [3.63, 3.8) is 0 Å². The molecule has 8 nitrogen and oxygen atoms in total. The zero-order chi connectivity index (χ0) is 19.5. The van der Waals surface area contributed by atoms with Crippen LogP contribution >= 0.6 is 0 Å². The number of rotatable bonds is 8. The lowest BCUT2D eigenvalue weighted by molar-refractivity contribution is -0.152. The van der Waals surface area contributed by atoms with Gasteiger partial charge in [-0.3, -0.25) is 13.7 Å². The second-order valence-electron chi connectivity index (χ2n) is 7.10. The van der Waals surface area contributed by atoms with Crippen molar-refractivity contribution in [2.75, 3.05) is 17.5 Å². The van der Waals surface area contributed by atoms with Gasteiger partial charge in [-0.15, -0.1) is 0 Å². The predicted molar refractivity (Wildman–Crippen MR) is 95.6 cm³/mol. The molecule has 0 aliphatic heterocycles. The first-order valence-corrected chi connectivity index (χ1v) is 9.23. The van der Waals surface area contributed by atoms with Gasteiger partial charge in [-0.05, 0) is 57.7 Å². The molecule has 0 heterocycles. The minimum atomic E-state index is -2.52. The van der Waals surface area contributed by atoms with Crippen molar-refractivity contribution >= 4 is 28.9 Å². The van der Waals surface area contributed by atoms with Crippen LogP contribution in [0.5, 0.6) is 5.75 Å². The molecule has 1 atom stereocenters. The number of carboxylic acids is 1. The molecule has 0 spiro atoms. The summed E-state index contributed by atoms with van der Waals surface area (Å²) in [7, 11) is 0. The van der Waals surface area contributed by atoms with Crippen LogP contribution < -0.4 is 9.04 Å². The topological polar surface area (TPSA) is 113 Å². The summed E-state index contributed by atoms with van der Waals surface area (Å²) in [6, 6.07) is 3.93. The highest BCUT2D eigenvalue weighted by molar-refractivity contribution is 7.80. The molecule has 0 amide bonds. The van der Waals surface area contributed by atoms with Crippen molar-refractivity contribution in [1.82, 2.24) is 0 Å². The fourth-order valence-electron chi connectivity index (χ4n) is 2.18. The fourth-order valence-corrected chi connectivity index (χ4v) is 2.71. The largest absolute Gasteiger partial charge is 0.491 e. The van der Waals surface area contributed by atoms with Crippen LogP contribution in [-0.2, 0) is 20.8 Å². The third kappa shape index (κ3) is 5.99. The first-order chi connectivity index (χ1) is 12.1. The first-order valence-electron chi connectivity index (χ1n) is 8.17. The maximum atomic E-state index is 12.1. The van der Waals surface area contributed by atoms with Gasteiger partial charge in [0.1, 0.15) is 17.9 Å². The van der Waals surface area contributed by atoms with Crippen LogP contribution in [0.3, 0.4) is 0 Å². The Labute approximate surface area is 154 Å². The smallest absolute Gasteiger partial charge is 0.335 e. The minimum Gasteiger partial charge on any atom is -0.491 e. The Hall–Kier alpha value is -2.13. The number of esters is 1. The van der Waals surface area contributed by atoms with E-state index in [1.807, 2.05) is 0 Å². The average Bonchev–Trinajstić information content (AvgIpc) is 3.32. The molecule has 9 heteroatoms. The van der Waals surface area contributed by atoms with Gasteiger partial charge in [0.25, 0.3) is 11.3 Å². The summed E-state index contributed by atoms with van der Waals surface area (Å²) in [6.07, 6.45) is 2.06. The number of nitrogens with zero attached hydrogens (tertiary/aromatic N) is 1. The molecule has 26 heavy (non-hydrogen) atoms. The Balaban J connectivity index is 2.28. The van der Waals surface area contributed by atoms with Crippen molar-refractivity contribution in [2.45, 2.75) is 39.2 Å². The zero-order valence-electron chi connectivity index (χ0n) is 14.9. The molecule has 1 fully saturated rings. The molecule has 144 valence electrons. The van der Waals surface area contributed by atoms with Crippen LogP contribution in [0.25, 0.3) is 0 Å². The molecule has 0 aromatic heterocycles. The summed E-state index contributed by atoms with van der Waals surface area (Å²) < 4.78 is 33.2. The van der Waals surface area contributed by atoms with E-state index < -0.39 is 35.4 Å². The lowest BCUT2D eigenvalue weighted by atomic mass is 10.2. The molecule has 1 aromatic carbocycles. The number of anilines is 1. The first kappa shape index (κ1) is 20.2. The molecule has 2 rings (SSSR count). The molecule has 1 aliphatic carbocycles. The fraction of sp³-hybridized carbons (Fsp3) is 0.529. The minimum absolute atomic E-state index is 0.0134. The van der Waals surface area contributed by atoms with Gasteiger partial charge in [0.05, 0.1) is 17.9 Å². The molecular weight excluding hydrogens is 362 g/mol. The Morgan fingerprint density at radius 1 is 1.31 bits per heavy atom. The zero-order valence-corrected chi connectivity index (χ0v) is 15.7. The highest BCUT2D eigenvalue weighted by atomic mass is 32.2. The van der Waals surface area contributed by atoms with E-state index in [1.165, 1.54) is 18.2 Å². The molecular formula is C17H23NO7S. The van der Waals surface area contributed by atoms with E-state index in [4.69, 9.17) is 14.6 Å². The van der Waals surface area contributed by atoms with Crippen molar-refractivity contribution < 1.29 is 32.9 Å². The van der Waals surface area contributed by atoms with E-state index in [1.54, 1.807) is 20.8 Å². The van der Waals surface area contributed by atoms with E-state index in [-0.39, 0.29) is 17.0 Å². The van der Waals surface area contributed by atoms with E-state index >= 15 is 0 Å². The van der Waals surface area contributed by atoms with Gasteiger partial charge in [-0.1, -0.05) is 0 Å². The highest BCUT2D eigenvalue weighted by Crippen LogP contribution is 2.34. The van der Waals surface area contributed by atoms with Crippen LogP contribution in [0.15, 0.2) is 18.2 Å². The van der Waals surface area contributed by atoms with E-state index in [0.717, 1.165) is 17.1 Å². The number of hydrogen-bond acceptors (Lipinski definition) is 5. The standard InChI is InChI=1S/C17H23NO7S/c1-17(2,3)25-15(19)9-18(26(22)23)13-7-6-12(16(20)21)8-14(13)24-10-11-4-5-11/h6-8,11H,4-5,9-10H2,1-3H3,(H,20,21)(H,22,23). The molecule has 0 bridgehead atoms. The highest BCUT2D eigenvalue weighted by Gasteiger charge is 2.27. The van der Waals surface area contributed by atoms with Crippen LogP contribution in [0.1, 0.15) is 44.0 Å². The summed E-state index contributed by atoms with van der Waals surface area (Å²) in [5, 5.41) is 9.16. The Morgan fingerprint density at radius 2 is 1.96 bits per heavy atom. The van der Waals surface area contributed by atoms with Crippen molar-refractivity contribution in [3.05, 3.63) is 23.8 Å². The summed E-state index contributed by atoms with van der Waals surface area (Å²) in [5.41, 5.74) is -0.596. The van der Waals surface area contributed by atoms with Crippen molar-refractivity contribution in [3.8, 4) is 5.75 Å². The molecule has 0 radical (unpaired) electrons. The van der Waals surface area contributed by atoms with Gasteiger partial charge >= 0.3 is 11.9 Å². The third-order valence-electron chi connectivity index (χ3n) is 3.53. The lowest BCUT2D eigenvalue weighted by Gasteiger charge is -2.25. The van der Waals surface area contributed by atoms with Crippen molar-refractivity contribution in [1.29, 1.82) is 0 Å². The normalized spacial score (nSPS) is 15.2. The van der Waals surface area contributed by atoms with Crippen LogP contribution in [0.4, 0.5) is 5.69 Å². The Kier molecular flexibility index (Phi) is 6.25. The number of ether oxygens (including phenoxy) is 2. The van der Waals surface area contributed by atoms with E-state index in [9.17, 15) is 18.4 Å². The molecule has 1 unspecified atom stereocenters. The van der Waals surface area contributed by atoms with E-state index in [0.29, 0.717) is 12.5 Å². The summed E-state index contributed by atoms with van der Waals surface area (Å²) in [6.45, 7) is 4.98. The summed E-state index contributed by atoms with van der Waals surface area (Å²) >= 11 is -2.52. The van der Waals surface area contributed by atoms with Gasteiger partial charge in [-0.2, -0.15) is 0 Å². The van der Waals surface area contributed by atoms with Gasteiger partial charge < -0.3 is 14.6 Å². The number of carbonyl (C=O) groups is 2. The maximum absolute atomic E-state index is 12.1. The van der Waals surface area contributed by atoms with E-state index in [2.05, 4.69) is 0 Å². The number of carboxylic acid groups (broad SMARTS) is 1. The number of benzene rings is 1. The number of aromatic carboxylic acids is 1. The predicted octanol–water partition coefficient (Wildman–Crippen LogP) is 2.46. The average molecular weight is 385 g/mol. The summed E-state index contributed by atoms with van der Waals surface area (Å²) in [4.78, 5) is 23.3. The van der Waals surface area contributed by atoms with Crippen LogP contribution in [0.2, 0.25) is 0 Å². The van der Waals surface area contributed by atoms with Crippen molar-refractivity contribution in [2.24, 2.45) is 5.92 Å². The monoisotopic (exact) mass is 385 g/mol. The Bertz CT molecular complexity index is 710. The van der Waals surface area contributed by atoms with Gasteiger partial charge in [0.15, 0.2) is 0 Å². The lowest BCUT2D eigenvalue weighted by Crippen LogP contribution is -2.36. The molecule has 1 aromatic rings. The SMILES string of the molecule is CC(C)(C)OC(=O)CN(c1ccc(C(=O)O)cc1OCC1CC1)S(=O)O. The molecule has 1 saturated carbocycles. The van der Waals surface area contributed by atoms with Gasteiger partial charge in [-0.25, -0.2) is 9.00 Å². The van der Waals surface area contributed by atoms with Crippen LogP contribution in [-0.4, -0.2) is 44.6 Å². The quantitative estimate of drug-likeness (QED) is 0.522. The molecule has 0 saturated heterocycles. The summed E-state index contributed by atoms with van der Waals surface area (Å²) in [5.74, 6) is -1.29. The van der Waals surface area contributed by atoms with Gasteiger partial charge in [0.2, 0.25) is 0 Å². The second kappa shape index (κ2) is 8.05. The Morgan fingerprint density at radius 3 is 2.46 bits per heavy atom. The van der Waals surface area contributed by atoms with Crippen LogP contribution in [0, 0.1) is 5.92 Å². The molecule has 2 N–H and O–H groups in total.